The summed E-state index contributed by atoms with van der Waals surface area (Å²) in [6.45, 7) is 3.32. The van der Waals surface area contributed by atoms with Crippen LogP contribution in [0.5, 0.6) is 0 Å². The number of hydrogen-bond donors (Lipinski definition) is 1. The van der Waals surface area contributed by atoms with Gasteiger partial charge in [-0.05, 0) is 43.3 Å². The van der Waals surface area contributed by atoms with E-state index >= 15 is 0 Å². The van der Waals surface area contributed by atoms with Gasteiger partial charge in [0.2, 0.25) is 5.91 Å². The third kappa shape index (κ3) is 4.92. The Morgan fingerprint density at radius 1 is 0.923 bits per heavy atom. The topological polar surface area (TPSA) is 52.6 Å². The van der Waals surface area contributed by atoms with Crippen LogP contribution in [0.3, 0.4) is 0 Å². The Morgan fingerprint density at radius 3 is 2.23 bits per heavy atom. The lowest BCUT2D eigenvalue weighted by atomic mass is 10.1. The molecule has 26 heavy (non-hydrogen) atoms. The van der Waals surface area contributed by atoms with E-state index in [4.69, 9.17) is 0 Å². The second-order valence-corrected chi connectivity index (χ2v) is 6.71. The minimum atomic E-state index is -0.0213. The Balaban J connectivity index is 1.51. The monoisotopic (exact) mass is 351 g/mol. The number of nitrogens with one attached hydrogen (secondary N) is 1. The molecule has 1 heterocycles. The maximum absolute atomic E-state index is 12.5. The fourth-order valence-electron chi connectivity index (χ4n) is 3.01. The first-order chi connectivity index (χ1) is 12.6. The maximum Gasteiger partial charge on any atom is 0.253 e. The molecular formula is C21H25N3O2. The van der Waals surface area contributed by atoms with Crippen LogP contribution in [0.15, 0.2) is 54.6 Å². The fraction of sp³-hybridized carbons (Fsp3) is 0.333. The number of rotatable bonds is 5. The first-order valence-electron chi connectivity index (χ1n) is 9.03. The predicted octanol–water partition coefficient (Wildman–Crippen LogP) is 2.65. The number of carbonyl (C=O) groups is 2. The molecular weight excluding hydrogens is 326 g/mol. The van der Waals surface area contributed by atoms with Crippen molar-refractivity contribution in [1.29, 1.82) is 0 Å². The highest BCUT2D eigenvalue weighted by Gasteiger charge is 2.20. The second-order valence-electron chi connectivity index (χ2n) is 6.71. The fourth-order valence-corrected chi connectivity index (χ4v) is 3.01. The van der Waals surface area contributed by atoms with E-state index in [0.717, 1.165) is 37.4 Å². The highest BCUT2D eigenvalue weighted by atomic mass is 16.2. The van der Waals surface area contributed by atoms with E-state index in [1.54, 1.807) is 24.3 Å². The Kier molecular flexibility index (Phi) is 6.02. The molecule has 0 bridgehead atoms. The molecule has 136 valence electrons. The molecule has 0 spiro atoms. The molecule has 3 rings (SSSR count). The van der Waals surface area contributed by atoms with Gasteiger partial charge in [0.15, 0.2) is 0 Å². The van der Waals surface area contributed by atoms with Gasteiger partial charge in [-0.3, -0.25) is 9.59 Å². The SMILES string of the molecule is CN1CCN(C(=O)c2ccc(NC(=O)CCc3ccccc3)cc2)CC1. The molecule has 2 aromatic rings. The highest BCUT2D eigenvalue weighted by molar-refractivity contribution is 5.96. The summed E-state index contributed by atoms with van der Waals surface area (Å²) in [4.78, 5) is 28.7. The van der Waals surface area contributed by atoms with Gasteiger partial charge in [0.1, 0.15) is 0 Å². The average Bonchev–Trinajstić information content (AvgIpc) is 2.68. The molecule has 0 saturated carbocycles. The Labute approximate surface area is 154 Å². The zero-order chi connectivity index (χ0) is 18.4. The minimum Gasteiger partial charge on any atom is -0.336 e. The quantitative estimate of drug-likeness (QED) is 0.901. The van der Waals surface area contributed by atoms with E-state index in [9.17, 15) is 9.59 Å². The smallest absolute Gasteiger partial charge is 0.253 e. The van der Waals surface area contributed by atoms with Crippen LogP contribution in [0.25, 0.3) is 0 Å². The van der Waals surface area contributed by atoms with Crippen LogP contribution >= 0.6 is 0 Å². The van der Waals surface area contributed by atoms with Gasteiger partial charge in [-0.1, -0.05) is 30.3 Å². The minimum absolute atomic E-state index is 0.0213. The lowest BCUT2D eigenvalue weighted by molar-refractivity contribution is -0.116. The molecule has 1 aliphatic heterocycles. The molecule has 1 aliphatic rings. The third-order valence-electron chi connectivity index (χ3n) is 4.69. The van der Waals surface area contributed by atoms with Gasteiger partial charge in [-0.2, -0.15) is 0 Å². The number of benzene rings is 2. The molecule has 1 fully saturated rings. The van der Waals surface area contributed by atoms with Crippen molar-refractivity contribution < 1.29 is 9.59 Å². The first kappa shape index (κ1) is 18.1. The van der Waals surface area contributed by atoms with Crippen LogP contribution < -0.4 is 5.32 Å². The average molecular weight is 351 g/mol. The number of hydrogen-bond acceptors (Lipinski definition) is 3. The number of nitrogens with zero attached hydrogens (tertiary/aromatic N) is 2. The predicted molar refractivity (Wildman–Crippen MR) is 103 cm³/mol. The molecule has 0 radical (unpaired) electrons. The first-order valence-corrected chi connectivity index (χ1v) is 9.03. The number of carbonyl (C=O) groups excluding carboxylic acids is 2. The van der Waals surface area contributed by atoms with Gasteiger partial charge >= 0.3 is 0 Å². The molecule has 5 nitrogen and oxygen atoms in total. The van der Waals surface area contributed by atoms with Gasteiger partial charge in [-0.15, -0.1) is 0 Å². The number of anilines is 1. The van der Waals surface area contributed by atoms with Crippen LogP contribution in [0.4, 0.5) is 5.69 Å². The normalized spacial score (nSPS) is 14.9. The van der Waals surface area contributed by atoms with Crippen molar-refractivity contribution in [1.82, 2.24) is 9.80 Å². The third-order valence-corrected chi connectivity index (χ3v) is 4.69. The van der Waals surface area contributed by atoms with E-state index in [-0.39, 0.29) is 11.8 Å². The van der Waals surface area contributed by atoms with Crippen molar-refractivity contribution in [3.05, 3.63) is 65.7 Å². The summed E-state index contributed by atoms with van der Waals surface area (Å²) < 4.78 is 0. The van der Waals surface area contributed by atoms with E-state index in [1.807, 2.05) is 35.2 Å². The number of piperazine rings is 1. The van der Waals surface area contributed by atoms with Crippen LogP contribution in [0.2, 0.25) is 0 Å². The number of aryl methyl sites for hydroxylation is 1. The van der Waals surface area contributed by atoms with E-state index < -0.39 is 0 Å². The summed E-state index contributed by atoms with van der Waals surface area (Å²) in [5, 5.41) is 2.89. The summed E-state index contributed by atoms with van der Waals surface area (Å²) in [6.07, 6.45) is 1.15. The molecule has 5 heteroatoms. The Bertz CT molecular complexity index is 736. The molecule has 0 aliphatic carbocycles. The lowest BCUT2D eigenvalue weighted by Gasteiger charge is -2.32. The van der Waals surface area contributed by atoms with Crippen LogP contribution in [0.1, 0.15) is 22.3 Å². The summed E-state index contributed by atoms with van der Waals surface area (Å²) >= 11 is 0. The lowest BCUT2D eigenvalue weighted by Crippen LogP contribution is -2.47. The van der Waals surface area contributed by atoms with E-state index in [0.29, 0.717) is 18.4 Å². The summed E-state index contributed by atoms with van der Waals surface area (Å²) in [5.41, 5.74) is 2.53. The Morgan fingerprint density at radius 2 is 1.58 bits per heavy atom. The summed E-state index contributed by atoms with van der Waals surface area (Å²) in [5.74, 6) is 0.0343. The van der Waals surface area contributed by atoms with Gasteiger partial charge in [0, 0.05) is 43.9 Å². The zero-order valence-electron chi connectivity index (χ0n) is 15.1. The molecule has 0 atom stereocenters. The summed E-state index contributed by atoms with van der Waals surface area (Å²) in [6, 6.07) is 17.1. The standard InChI is InChI=1S/C21H25N3O2/c1-23-13-15-24(16-14-23)21(26)18-8-10-19(11-9-18)22-20(25)12-7-17-5-3-2-4-6-17/h2-6,8-11H,7,12-16H2,1H3,(H,22,25). The molecule has 1 N–H and O–H groups in total. The maximum atomic E-state index is 12.5. The van der Waals surface area contributed by atoms with Crippen LogP contribution in [-0.2, 0) is 11.2 Å². The van der Waals surface area contributed by atoms with Crippen molar-refractivity contribution in [3.8, 4) is 0 Å². The molecule has 1 saturated heterocycles. The van der Waals surface area contributed by atoms with Crippen LogP contribution in [0, 0.1) is 0 Å². The largest absolute Gasteiger partial charge is 0.336 e. The van der Waals surface area contributed by atoms with Gasteiger partial charge in [-0.25, -0.2) is 0 Å². The summed E-state index contributed by atoms with van der Waals surface area (Å²) in [7, 11) is 2.07. The van der Waals surface area contributed by atoms with Gasteiger partial charge in [0.25, 0.3) is 5.91 Å². The van der Waals surface area contributed by atoms with E-state index in [1.165, 1.54) is 0 Å². The molecule has 0 unspecified atom stereocenters. The van der Waals surface area contributed by atoms with Crippen molar-refractivity contribution in [2.45, 2.75) is 12.8 Å². The Hall–Kier alpha value is -2.66. The van der Waals surface area contributed by atoms with Crippen molar-refractivity contribution >= 4 is 17.5 Å². The number of likely N-dealkylation sites (N-methyl/N-ethyl adjacent to an activating group) is 1. The molecule has 0 aromatic heterocycles. The zero-order valence-corrected chi connectivity index (χ0v) is 15.1. The number of amides is 2. The van der Waals surface area contributed by atoms with Crippen LogP contribution in [-0.4, -0.2) is 54.8 Å². The van der Waals surface area contributed by atoms with E-state index in [2.05, 4.69) is 17.3 Å². The van der Waals surface area contributed by atoms with Gasteiger partial charge in [0.05, 0.1) is 0 Å². The van der Waals surface area contributed by atoms with Crippen molar-refractivity contribution in [3.63, 3.8) is 0 Å². The highest BCUT2D eigenvalue weighted by Crippen LogP contribution is 2.14. The molecule has 2 aromatic carbocycles. The molecule has 2 amide bonds. The second kappa shape index (κ2) is 8.63. The van der Waals surface area contributed by atoms with Crippen molar-refractivity contribution in [2.24, 2.45) is 0 Å². The van der Waals surface area contributed by atoms with Crippen molar-refractivity contribution in [2.75, 3.05) is 38.5 Å². The van der Waals surface area contributed by atoms with Gasteiger partial charge < -0.3 is 15.1 Å².